The minimum absolute atomic E-state index is 0.401. The molecule has 1 atom stereocenters. The van der Waals surface area contributed by atoms with Crippen LogP contribution in [0.15, 0.2) is 43.0 Å². The lowest BCUT2D eigenvalue weighted by Gasteiger charge is -2.23. The summed E-state index contributed by atoms with van der Waals surface area (Å²) in [4.78, 5) is 2.46. The van der Waals surface area contributed by atoms with Crippen LogP contribution in [0, 0.1) is 11.3 Å². The second-order valence-electron chi connectivity index (χ2n) is 6.21. The summed E-state index contributed by atoms with van der Waals surface area (Å²) in [6, 6.07) is 8.77. The Labute approximate surface area is 135 Å². The minimum Gasteiger partial charge on any atom is -0.322 e. The largest absolute Gasteiger partial charge is 0.322 e. The van der Waals surface area contributed by atoms with E-state index >= 15 is 0 Å². The Morgan fingerprint density at radius 1 is 1.35 bits per heavy atom. The van der Waals surface area contributed by atoms with Crippen molar-refractivity contribution in [1.29, 1.82) is 5.26 Å². The number of rotatable bonds is 3. The molecule has 116 valence electrons. The van der Waals surface area contributed by atoms with Crippen molar-refractivity contribution in [3.63, 3.8) is 0 Å². The zero-order valence-corrected chi connectivity index (χ0v) is 13.2. The average Bonchev–Trinajstić information content (AvgIpc) is 3.25. The Morgan fingerprint density at radius 2 is 2.26 bits per heavy atom. The summed E-state index contributed by atoms with van der Waals surface area (Å²) >= 11 is 0. The Balaban J connectivity index is 1.66. The van der Waals surface area contributed by atoms with E-state index in [4.69, 9.17) is 0 Å². The highest BCUT2D eigenvalue weighted by molar-refractivity contribution is 5.65. The lowest BCUT2D eigenvalue weighted by molar-refractivity contribution is 0.248. The van der Waals surface area contributed by atoms with E-state index in [1.54, 1.807) is 0 Å². The molecule has 0 saturated carbocycles. The zero-order valence-electron chi connectivity index (χ0n) is 13.2. The molecule has 3 aromatic heterocycles. The van der Waals surface area contributed by atoms with E-state index in [1.165, 1.54) is 12.0 Å². The predicted octanol–water partition coefficient (Wildman–Crippen LogP) is 2.88. The minimum atomic E-state index is 0.401. The number of likely N-dealkylation sites (tertiary alicyclic amines) is 1. The first kappa shape index (κ1) is 14.0. The van der Waals surface area contributed by atoms with Gasteiger partial charge >= 0.3 is 0 Å². The maximum Gasteiger partial charge on any atom is 0.102 e. The first-order valence-electron chi connectivity index (χ1n) is 7.97. The summed E-state index contributed by atoms with van der Waals surface area (Å²) in [6.07, 6.45) is 10.5. The van der Waals surface area contributed by atoms with E-state index in [0.29, 0.717) is 6.04 Å². The first-order valence-corrected chi connectivity index (χ1v) is 7.97. The molecule has 0 N–H and O–H groups in total. The van der Waals surface area contributed by atoms with E-state index in [9.17, 15) is 5.26 Å². The molecule has 1 fully saturated rings. The van der Waals surface area contributed by atoms with Crippen molar-refractivity contribution in [1.82, 2.24) is 19.1 Å². The molecule has 0 bridgehead atoms. The van der Waals surface area contributed by atoms with Crippen LogP contribution in [-0.4, -0.2) is 25.6 Å². The summed E-state index contributed by atoms with van der Waals surface area (Å²) < 4.78 is 3.91. The predicted molar refractivity (Wildman–Crippen MR) is 87.7 cm³/mol. The summed E-state index contributed by atoms with van der Waals surface area (Å²) in [6.45, 7) is 1.88. The lowest BCUT2D eigenvalue weighted by Crippen LogP contribution is -2.22. The Hall–Kier alpha value is -2.58. The molecular formula is C18H19N5. The third kappa shape index (κ3) is 2.41. The van der Waals surface area contributed by atoms with Crippen LogP contribution in [0.25, 0.3) is 5.52 Å². The topological polar surface area (TPSA) is 49.3 Å². The molecule has 1 aliphatic heterocycles. The molecule has 3 aromatic rings. The third-order valence-electron chi connectivity index (χ3n) is 4.72. The molecule has 0 spiro atoms. The maximum atomic E-state index is 9.57. The summed E-state index contributed by atoms with van der Waals surface area (Å²) in [5.74, 6) is 0. The van der Waals surface area contributed by atoms with Crippen LogP contribution >= 0.6 is 0 Å². The van der Waals surface area contributed by atoms with E-state index in [2.05, 4.69) is 28.5 Å². The van der Waals surface area contributed by atoms with Gasteiger partial charge < -0.3 is 4.40 Å². The fraction of sp³-hybridized carbons (Fsp3) is 0.333. The fourth-order valence-electron chi connectivity index (χ4n) is 3.65. The van der Waals surface area contributed by atoms with Gasteiger partial charge in [0.2, 0.25) is 0 Å². The molecule has 0 aromatic carbocycles. The first-order chi connectivity index (χ1) is 11.3. The van der Waals surface area contributed by atoms with Crippen LogP contribution < -0.4 is 0 Å². The molecule has 4 rings (SSSR count). The Kier molecular flexibility index (Phi) is 3.40. The van der Waals surface area contributed by atoms with Crippen molar-refractivity contribution in [2.24, 2.45) is 7.05 Å². The van der Waals surface area contributed by atoms with Gasteiger partial charge in [-0.15, -0.1) is 0 Å². The molecular weight excluding hydrogens is 286 g/mol. The van der Waals surface area contributed by atoms with Gasteiger partial charge in [0.15, 0.2) is 0 Å². The smallest absolute Gasteiger partial charge is 0.102 e. The van der Waals surface area contributed by atoms with E-state index in [-0.39, 0.29) is 0 Å². The van der Waals surface area contributed by atoms with Crippen molar-refractivity contribution in [3.8, 4) is 6.07 Å². The summed E-state index contributed by atoms with van der Waals surface area (Å²) in [5.41, 5.74) is 4.16. The second kappa shape index (κ2) is 5.56. The number of nitriles is 1. The van der Waals surface area contributed by atoms with Gasteiger partial charge in [-0.25, -0.2) is 0 Å². The van der Waals surface area contributed by atoms with Gasteiger partial charge in [-0.05, 0) is 31.5 Å². The zero-order chi connectivity index (χ0) is 15.8. The van der Waals surface area contributed by atoms with Crippen LogP contribution in [0.2, 0.25) is 0 Å². The number of nitrogens with zero attached hydrogens (tertiary/aromatic N) is 5. The van der Waals surface area contributed by atoms with Gasteiger partial charge in [-0.3, -0.25) is 9.58 Å². The molecule has 4 heterocycles. The normalized spacial score (nSPS) is 18.5. The molecule has 5 heteroatoms. The van der Waals surface area contributed by atoms with Gasteiger partial charge in [0.1, 0.15) is 6.07 Å². The molecule has 23 heavy (non-hydrogen) atoms. The number of hydrogen-bond donors (Lipinski definition) is 0. The summed E-state index contributed by atoms with van der Waals surface area (Å²) in [5, 5.41) is 13.9. The molecule has 0 amide bonds. The average molecular weight is 305 g/mol. The van der Waals surface area contributed by atoms with Crippen LogP contribution in [-0.2, 0) is 13.6 Å². The quantitative estimate of drug-likeness (QED) is 0.747. The Morgan fingerprint density at radius 3 is 3.04 bits per heavy atom. The van der Waals surface area contributed by atoms with Crippen LogP contribution in [0.3, 0.4) is 0 Å². The van der Waals surface area contributed by atoms with Gasteiger partial charge in [-0.2, -0.15) is 10.4 Å². The molecule has 1 saturated heterocycles. The highest BCUT2D eigenvalue weighted by Gasteiger charge is 2.28. The van der Waals surface area contributed by atoms with Crippen molar-refractivity contribution < 1.29 is 0 Å². The van der Waals surface area contributed by atoms with Gasteiger partial charge in [0.25, 0.3) is 0 Å². The number of pyridine rings is 1. The van der Waals surface area contributed by atoms with Crippen LogP contribution in [0.1, 0.15) is 35.6 Å². The highest BCUT2D eigenvalue weighted by Crippen LogP contribution is 2.33. The standard InChI is InChI=1S/C18H19N5/c1-21-11-14(10-20-21)17-6-4-8-22(17)12-15-13-23-7-3-2-5-18(23)16(15)9-19/h2-3,5,7,10-11,13,17H,4,6,8,12H2,1H3/t17-/m0/s1. The maximum absolute atomic E-state index is 9.57. The van der Waals surface area contributed by atoms with Crippen molar-refractivity contribution in [2.45, 2.75) is 25.4 Å². The van der Waals surface area contributed by atoms with Crippen LogP contribution in [0.5, 0.6) is 0 Å². The lowest BCUT2D eigenvalue weighted by atomic mass is 10.1. The number of aryl methyl sites for hydroxylation is 1. The van der Waals surface area contributed by atoms with Crippen LogP contribution in [0.4, 0.5) is 0 Å². The summed E-state index contributed by atoms with van der Waals surface area (Å²) in [7, 11) is 1.96. The molecule has 5 nitrogen and oxygen atoms in total. The van der Waals surface area contributed by atoms with E-state index < -0.39 is 0 Å². The van der Waals surface area contributed by atoms with Gasteiger partial charge in [0, 0.05) is 49.4 Å². The second-order valence-corrected chi connectivity index (χ2v) is 6.21. The number of aromatic nitrogens is 3. The molecule has 0 unspecified atom stereocenters. The van der Waals surface area contributed by atoms with E-state index in [0.717, 1.165) is 36.2 Å². The van der Waals surface area contributed by atoms with Gasteiger partial charge in [0.05, 0.1) is 17.3 Å². The highest BCUT2D eigenvalue weighted by atomic mass is 15.3. The van der Waals surface area contributed by atoms with Gasteiger partial charge in [-0.1, -0.05) is 6.07 Å². The third-order valence-corrected chi connectivity index (χ3v) is 4.72. The molecule has 0 aliphatic carbocycles. The van der Waals surface area contributed by atoms with Crippen molar-refractivity contribution >= 4 is 5.52 Å². The monoisotopic (exact) mass is 305 g/mol. The van der Waals surface area contributed by atoms with E-state index in [1.807, 2.05) is 46.7 Å². The fourth-order valence-corrected chi connectivity index (χ4v) is 3.65. The van der Waals surface area contributed by atoms with Crippen molar-refractivity contribution in [3.05, 3.63) is 59.7 Å². The van der Waals surface area contributed by atoms with Crippen molar-refractivity contribution in [2.75, 3.05) is 6.54 Å². The Bertz CT molecular complexity index is 882. The number of hydrogen-bond acceptors (Lipinski definition) is 3. The molecule has 0 radical (unpaired) electrons. The molecule has 1 aliphatic rings. The SMILES string of the molecule is Cn1cc([C@@H]2CCCN2Cc2cn3ccccc3c2C#N)cn1. The number of fused-ring (bicyclic) bond motifs is 1.